The van der Waals surface area contributed by atoms with E-state index in [1.807, 2.05) is 24.3 Å². The number of furan rings is 1. The zero-order valence-corrected chi connectivity index (χ0v) is 20.5. The summed E-state index contributed by atoms with van der Waals surface area (Å²) in [5.41, 5.74) is 3.48. The highest BCUT2D eigenvalue weighted by Crippen LogP contribution is 2.31. The summed E-state index contributed by atoms with van der Waals surface area (Å²) in [7, 11) is 0. The van der Waals surface area contributed by atoms with Gasteiger partial charge in [0.05, 0.1) is 5.56 Å². The van der Waals surface area contributed by atoms with Crippen molar-refractivity contribution in [3.8, 4) is 22.8 Å². The van der Waals surface area contributed by atoms with Crippen molar-refractivity contribution in [2.45, 2.75) is 0 Å². The van der Waals surface area contributed by atoms with Crippen LogP contribution in [0.15, 0.2) is 92.2 Å². The fourth-order valence-electron chi connectivity index (χ4n) is 3.39. The van der Waals surface area contributed by atoms with E-state index in [-0.39, 0.29) is 5.91 Å². The van der Waals surface area contributed by atoms with Crippen LogP contribution in [0.25, 0.3) is 40.0 Å². The molecular formula is C26H15BrCl2N2O3. The molecule has 0 bridgehead atoms. The van der Waals surface area contributed by atoms with Crippen molar-refractivity contribution in [2.75, 3.05) is 5.32 Å². The summed E-state index contributed by atoms with van der Waals surface area (Å²) in [6.07, 6.45) is 2.98. The number of anilines is 1. The molecule has 168 valence electrons. The van der Waals surface area contributed by atoms with Crippen LogP contribution in [-0.4, -0.2) is 10.9 Å². The molecule has 0 radical (unpaired) electrons. The largest absolute Gasteiger partial charge is 0.457 e. The SMILES string of the molecule is O=C(/C=C/c1ccc(-c2cc(Cl)cc(Cl)c2)o1)Nc1ccc2oc(-c3ccccc3Br)nc2c1. The molecule has 0 aliphatic carbocycles. The zero-order valence-electron chi connectivity index (χ0n) is 17.4. The Morgan fingerprint density at radius 2 is 1.74 bits per heavy atom. The lowest BCUT2D eigenvalue weighted by Crippen LogP contribution is -2.07. The third-order valence-electron chi connectivity index (χ3n) is 4.93. The number of nitrogens with one attached hydrogen (secondary N) is 1. The Kier molecular flexibility index (Phi) is 6.28. The topological polar surface area (TPSA) is 68.3 Å². The number of hydrogen-bond donors (Lipinski definition) is 1. The number of benzene rings is 3. The number of nitrogens with zero attached hydrogens (tertiary/aromatic N) is 1. The van der Waals surface area contributed by atoms with Gasteiger partial charge in [-0.1, -0.05) is 35.3 Å². The minimum absolute atomic E-state index is 0.308. The highest BCUT2D eigenvalue weighted by Gasteiger charge is 2.12. The van der Waals surface area contributed by atoms with Crippen molar-refractivity contribution < 1.29 is 13.6 Å². The molecule has 5 aromatic rings. The van der Waals surface area contributed by atoms with E-state index in [2.05, 4.69) is 26.2 Å². The van der Waals surface area contributed by atoms with Crippen LogP contribution in [0, 0.1) is 0 Å². The van der Waals surface area contributed by atoms with Gasteiger partial charge in [-0.2, -0.15) is 0 Å². The lowest BCUT2D eigenvalue weighted by atomic mass is 10.2. The van der Waals surface area contributed by atoms with Gasteiger partial charge < -0.3 is 14.2 Å². The van der Waals surface area contributed by atoms with E-state index in [0.29, 0.717) is 44.2 Å². The molecule has 34 heavy (non-hydrogen) atoms. The second kappa shape index (κ2) is 9.50. The molecule has 0 fully saturated rings. The summed E-state index contributed by atoms with van der Waals surface area (Å²) in [5.74, 6) is 1.31. The second-order valence-corrected chi connectivity index (χ2v) is 9.09. The Morgan fingerprint density at radius 1 is 0.941 bits per heavy atom. The van der Waals surface area contributed by atoms with E-state index in [9.17, 15) is 4.79 Å². The molecule has 0 aliphatic rings. The maximum Gasteiger partial charge on any atom is 0.248 e. The molecule has 1 N–H and O–H groups in total. The Labute approximate surface area is 213 Å². The number of amides is 1. The van der Waals surface area contributed by atoms with Crippen molar-refractivity contribution in [1.82, 2.24) is 4.98 Å². The third kappa shape index (κ3) is 4.94. The van der Waals surface area contributed by atoms with E-state index in [4.69, 9.17) is 32.0 Å². The number of halogens is 3. The number of carbonyl (C=O) groups excluding carboxylic acids is 1. The standard InChI is InChI=1S/C26H15BrCl2N2O3/c27-21-4-2-1-3-20(21)26-31-22-14-18(5-8-24(22)34-26)30-25(32)10-7-19-6-9-23(33-19)15-11-16(28)13-17(29)12-15/h1-14H,(H,30,32)/b10-7+. The highest BCUT2D eigenvalue weighted by atomic mass is 79.9. The summed E-state index contributed by atoms with van der Waals surface area (Å²) < 4.78 is 12.5. The Hall–Kier alpha value is -3.32. The van der Waals surface area contributed by atoms with E-state index in [1.54, 1.807) is 54.6 Å². The summed E-state index contributed by atoms with van der Waals surface area (Å²) in [5, 5.41) is 3.86. The Balaban J connectivity index is 1.29. The van der Waals surface area contributed by atoms with Crippen LogP contribution < -0.4 is 5.32 Å². The highest BCUT2D eigenvalue weighted by molar-refractivity contribution is 9.10. The van der Waals surface area contributed by atoms with E-state index in [0.717, 1.165) is 15.6 Å². The average molecular weight is 554 g/mol. The summed E-state index contributed by atoms with van der Waals surface area (Å²) in [4.78, 5) is 17.0. The first-order valence-corrected chi connectivity index (χ1v) is 11.7. The molecule has 2 aromatic heterocycles. The van der Waals surface area contributed by atoms with Gasteiger partial charge in [0.15, 0.2) is 5.58 Å². The van der Waals surface area contributed by atoms with Crippen LogP contribution in [0.4, 0.5) is 5.69 Å². The third-order valence-corrected chi connectivity index (χ3v) is 6.06. The maximum atomic E-state index is 12.4. The number of hydrogen-bond acceptors (Lipinski definition) is 4. The number of aromatic nitrogens is 1. The minimum Gasteiger partial charge on any atom is -0.457 e. The fourth-order valence-corrected chi connectivity index (χ4v) is 4.37. The summed E-state index contributed by atoms with van der Waals surface area (Å²) in [6.45, 7) is 0. The predicted octanol–water partition coefficient (Wildman–Crippen LogP) is 8.48. The first-order valence-electron chi connectivity index (χ1n) is 10.2. The number of carbonyl (C=O) groups is 1. The zero-order chi connectivity index (χ0) is 23.7. The molecule has 5 rings (SSSR count). The smallest absolute Gasteiger partial charge is 0.248 e. The Bertz CT molecular complexity index is 1530. The molecule has 0 atom stereocenters. The summed E-state index contributed by atoms with van der Waals surface area (Å²) in [6, 6.07) is 21.7. The van der Waals surface area contributed by atoms with Gasteiger partial charge >= 0.3 is 0 Å². The molecule has 0 spiro atoms. The molecule has 0 aliphatic heterocycles. The second-order valence-electron chi connectivity index (χ2n) is 7.36. The average Bonchev–Trinajstić information content (AvgIpc) is 3.44. The van der Waals surface area contributed by atoms with Gasteiger partial charge in [-0.25, -0.2) is 4.98 Å². The number of rotatable bonds is 5. The first kappa shape index (κ1) is 22.5. The lowest BCUT2D eigenvalue weighted by Gasteiger charge is -2.01. The van der Waals surface area contributed by atoms with Gasteiger partial charge in [0.2, 0.25) is 11.8 Å². The monoisotopic (exact) mass is 552 g/mol. The van der Waals surface area contributed by atoms with E-state index in [1.165, 1.54) is 6.08 Å². The molecule has 3 aromatic carbocycles. The van der Waals surface area contributed by atoms with Crippen LogP contribution in [0.3, 0.4) is 0 Å². The van der Waals surface area contributed by atoms with Crippen LogP contribution in [-0.2, 0) is 4.79 Å². The molecule has 8 heteroatoms. The van der Waals surface area contributed by atoms with Gasteiger partial charge in [-0.3, -0.25) is 4.79 Å². The molecule has 5 nitrogen and oxygen atoms in total. The molecule has 0 saturated carbocycles. The van der Waals surface area contributed by atoms with Crippen molar-refractivity contribution in [1.29, 1.82) is 0 Å². The number of oxazole rings is 1. The van der Waals surface area contributed by atoms with Gasteiger partial charge in [-0.15, -0.1) is 0 Å². The van der Waals surface area contributed by atoms with Crippen LogP contribution >= 0.6 is 39.1 Å². The van der Waals surface area contributed by atoms with Crippen molar-refractivity contribution >= 4 is 67.9 Å². The van der Waals surface area contributed by atoms with E-state index < -0.39 is 0 Å². The van der Waals surface area contributed by atoms with Crippen LogP contribution in [0.2, 0.25) is 10.0 Å². The molecule has 0 unspecified atom stereocenters. The van der Waals surface area contributed by atoms with Crippen molar-refractivity contribution in [3.63, 3.8) is 0 Å². The quantitative estimate of drug-likeness (QED) is 0.221. The number of fused-ring (bicyclic) bond motifs is 1. The maximum absolute atomic E-state index is 12.4. The first-order chi connectivity index (χ1) is 16.4. The van der Waals surface area contributed by atoms with Gasteiger partial charge in [0, 0.05) is 31.8 Å². The Morgan fingerprint density at radius 3 is 2.53 bits per heavy atom. The summed E-state index contributed by atoms with van der Waals surface area (Å²) >= 11 is 15.6. The fraction of sp³-hybridized carbons (Fsp3) is 0. The van der Waals surface area contributed by atoms with Crippen molar-refractivity contribution in [3.05, 3.63) is 99.2 Å². The van der Waals surface area contributed by atoms with Gasteiger partial charge in [0.25, 0.3) is 0 Å². The molecule has 0 saturated heterocycles. The van der Waals surface area contributed by atoms with Gasteiger partial charge in [0.1, 0.15) is 17.0 Å². The van der Waals surface area contributed by atoms with Gasteiger partial charge in [-0.05, 0) is 82.7 Å². The predicted molar refractivity (Wildman–Crippen MR) is 139 cm³/mol. The van der Waals surface area contributed by atoms with Crippen molar-refractivity contribution in [2.24, 2.45) is 0 Å². The van der Waals surface area contributed by atoms with E-state index >= 15 is 0 Å². The van der Waals surface area contributed by atoms with Crippen LogP contribution in [0.5, 0.6) is 0 Å². The molecule has 1 amide bonds. The normalized spacial score (nSPS) is 11.4. The lowest BCUT2D eigenvalue weighted by molar-refractivity contribution is -0.111. The minimum atomic E-state index is -0.308. The molecule has 2 heterocycles. The molecular weight excluding hydrogens is 539 g/mol. The van der Waals surface area contributed by atoms with Crippen LogP contribution in [0.1, 0.15) is 5.76 Å².